The number of ether oxygens (including phenoxy) is 1. The first-order valence-electron chi connectivity index (χ1n) is 5.54. The van der Waals surface area contributed by atoms with Crippen LogP contribution >= 0.6 is 0 Å². The highest BCUT2D eigenvalue weighted by atomic mass is 16.5. The Bertz CT molecular complexity index is 290. The van der Waals surface area contributed by atoms with Gasteiger partial charge < -0.3 is 10.1 Å². The number of rotatable bonds is 5. The number of nitriles is 1. The number of hydrogen-bond donors (Lipinski definition) is 1. The summed E-state index contributed by atoms with van der Waals surface area (Å²) in [7, 11) is 0. The standard InChI is InChI=1S/C11H16N2O3/c12-6-3-7-13-10(14)8-16-11(15)9-4-1-2-5-9/h9H,1-5,7-8H2,(H,13,14). The van der Waals surface area contributed by atoms with Gasteiger partial charge in [-0.05, 0) is 12.8 Å². The van der Waals surface area contributed by atoms with Gasteiger partial charge in [-0.2, -0.15) is 5.26 Å². The normalized spacial score (nSPS) is 15.4. The molecule has 16 heavy (non-hydrogen) atoms. The van der Waals surface area contributed by atoms with Crippen molar-refractivity contribution in [2.45, 2.75) is 32.1 Å². The fourth-order valence-electron chi connectivity index (χ4n) is 1.72. The van der Waals surface area contributed by atoms with Crippen LogP contribution in [0.25, 0.3) is 0 Å². The lowest BCUT2D eigenvalue weighted by Crippen LogP contribution is -2.30. The number of nitrogens with one attached hydrogen (secondary N) is 1. The Morgan fingerprint density at radius 1 is 1.38 bits per heavy atom. The van der Waals surface area contributed by atoms with Crippen molar-refractivity contribution < 1.29 is 14.3 Å². The molecule has 0 aliphatic heterocycles. The Morgan fingerprint density at radius 2 is 2.06 bits per heavy atom. The zero-order valence-corrected chi connectivity index (χ0v) is 9.20. The third-order valence-electron chi connectivity index (χ3n) is 2.59. The Labute approximate surface area is 94.8 Å². The second-order valence-electron chi connectivity index (χ2n) is 3.85. The van der Waals surface area contributed by atoms with E-state index in [4.69, 9.17) is 10.00 Å². The highest BCUT2D eigenvalue weighted by Gasteiger charge is 2.24. The topological polar surface area (TPSA) is 79.2 Å². The lowest BCUT2D eigenvalue weighted by atomic mass is 10.1. The van der Waals surface area contributed by atoms with E-state index in [1.54, 1.807) is 0 Å². The van der Waals surface area contributed by atoms with Gasteiger partial charge in [0, 0.05) is 6.54 Å². The number of carbonyl (C=O) groups excluding carboxylic acids is 2. The molecule has 0 saturated heterocycles. The van der Waals surface area contributed by atoms with Crippen LogP contribution in [0.2, 0.25) is 0 Å². The Morgan fingerprint density at radius 3 is 2.69 bits per heavy atom. The van der Waals surface area contributed by atoms with E-state index in [9.17, 15) is 9.59 Å². The minimum Gasteiger partial charge on any atom is -0.455 e. The second kappa shape index (κ2) is 6.83. The van der Waals surface area contributed by atoms with E-state index in [2.05, 4.69) is 5.32 Å². The van der Waals surface area contributed by atoms with Crippen LogP contribution < -0.4 is 5.32 Å². The molecule has 1 fully saturated rings. The summed E-state index contributed by atoms with van der Waals surface area (Å²) >= 11 is 0. The van der Waals surface area contributed by atoms with Crippen LogP contribution in [0.1, 0.15) is 32.1 Å². The molecule has 1 saturated carbocycles. The molecule has 0 unspecified atom stereocenters. The number of hydrogen-bond acceptors (Lipinski definition) is 4. The second-order valence-corrected chi connectivity index (χ2v) is 3.85. The van der Waals surface area contributed by atoms with Crippen molar-refractivity contribution in [3.8, 4) is 6.07 Å². The maximum absolute atomic E-state index is 11.4. The molecular weight excluding hydrogens is 208 g/mol. The van der Waals surface area contributed by atoms with Crippen molar-refractivity contribution >= 4 is 11.9 Å². The van der Waals surface area contributed by atoms with Crippen LogP contribution in [0.15, 0.2) is 0 Å². The third kappa shape index (κ3) is 4.30. The van der Waals surface area contributed by atoms with Gasteiger partial charge in [0.2, 0.25) is 0 Å². The van der Waals surface area contributed by atoms with Crippen LogP contribution in [0, 0.1) is 17.2 Å². The van der Waals surface area contributed by atoms with E-state index < -0.39 is 0 Å². The Balaban J connectivity index is 2.11. The minimum absolute atomic E-state index is 0.0214. The summed E-state index contributed by atoms with van der Waals surface area (Å²) in [4.78, 5) is 22.6. The molecule has 0 aromatic heterocycles. The highest BCUT2D eigenvalue weighted by Crippen LogP contribution is 2.25. The molecule has 1 aliphatic carbocycles. The van der Waals surface area contributed by atoms with Gasteiger partial charge >= 0.3 is 5.97 Å². The number of amides is 1. The van der Waals surface area contributed by atoms with Gasteiger partial charge in [0.05, 0.1) is 18.4 Å². The molecule has 0 aromatic rings. The summed E-state index contributed by atoms with van der Waals surface area (Å²) in [6.07, 6.45) is 4.13. The average Bonchev–Trinajstić information content (AvgIpc) is 2.79. The minimum atomic E-state index is -0.346. The zero-order valence-electron chi connectivity index (χ0n) is 9.20. The average molecular weight is 224 g/mol. The Hall–Kier alpha value is -1.57. The SMILES string of the molecule is N#CCCNC(=O)COC(=O)C1CCCC1. The monoisotopic (exact) mass is 224 g/mol. The summed E-state index contributed by atoms with van der Waals surface area (Å²) in [5.74, 6) is -0.638. The van der Waals surface area contributed by atoms with Crippen molar-refractivity contribution in [1.29, 1.82) is 5.26 Å². The van der Waals surface area contributed by atoms with Crippen molar-refractivity contribution in [3.63, 3.8) is 0 Å². The van der Waals surface area contributed by atoms with Crippen molar-refractivity contribution in [1.82, 2.24) is 5.32 Å². The largest absolute Gasteiger partial charge is 0.455 e. The van der Waals surface area contributed by atoms with Crippen LogP contribution in [0.3, 0.4) is 0 Å². The van der Waals surface area contributed by atoms with Crippen molar-refractivity contribution in [2.24, 2.45) is 5.92 Å². The molecule has 1 amide bonds. The fourth-order valence-corrected chi connectivity index (χ4v) is 1.72. The van der Waals surface area contributed by atoms with Crippen molar-refractivity contribution in [2.75, 3.05) is 13.2 Å². The van der Waals surface area contributed by atoms with Gasteiger partial charge in [-0.15, -0.1) is 0 Å². The van der Waals surface area contributed by atoms with E-state index in [-0.39, 0.29) is 30.8 Å². The van der Waals surface area contributed by atoms with Gasteiger partial charge in [0.15, 0.2) is 6.61 Å². The van der Waals surface area contributed by atoms with E-state index in [1.165, 1.54) is 0 Å². The van der Waals surface area contributed by atoms with Crippen molar-refractivity contribution in [3.05, 3.63) is 0 Å². The molecule has 0 aromatic carbocycles. The molecule has 0 atom stereocenters. The maximum atomic E-state index is 11.4. The summed E-state index contributed by atoms with van der Waals surface area (Å²) in [5, 5.41) is 10.7. The van der Waals surface area contributed by atoms with E-state index in [0.29, 0.717) is 6.54 Å². The predicted octanol–water partition coefficient (Wildman–Crippen LogP) is 0.750. The lowest BCUT2D eigenvalue weighted by molar-refractivity contribution is -0.152. The summed E-state index contributed by atoms with van der Waals surface area (Å²) in [6, 6.07) is 1.91. The Kier molecular flexibility index (Phi) is 5.34. The zero-order chi connectivity index (χ0) is 11.8. The molecule has 0 bridgehead atoms. The maximum Gasteiger partial charge on any atom is 0.309 e. The molecule has 1 rings (SSSR count). The molecular formula is C11H16N2O3. The summed E-state index contributed by atoms with van der Waals surface area (Å²) < 4.78 is 4.88. The van der Waals surface area contributed by atoms with E-state index in [0.717, 1.165) is 25.7 Å². The first-order valence-corrected chi connectivity index (χ1v) is 5.54. The quantitative estimate of drug-likeness (QED) is 0.552. The number of nitrogens with zero attached hydrogens (tertiary/aromatic N) is 1. The first-order chi connectivity index (χ1) is 7.74. The third-order valence-corrected chi connectivity index (χ3v) is 2.59. The summed E-state index contributed by atoms with van der Waals surface area (Å²) in [5.41, 5.74) is 0. The van der Waals surface area contributed by atoms with E-state index >= 15 is 0 Å². The van der Waals surface area contributed by atoms with Crippen LogP contribution in [0.4, 0.5) is 0 Å². The molecule has 5 nitrogen and oxygen atoms in total. The molecule has 1 aliphatic rings. The molecule has 0 radical (unpaired) electrons. The first kappa shape index (κ1) is 12.5. The van der Waals surface area contributed by atoms with Gasteiger partial charge in [-0.3, -0.25) is 9.59 Å². The molecule has 1 N–H and O–H groups in total. The van der Waals surface area contributed by atoms with Crippen LogP contribution in [0.5, 0.6) is 0 Å². The highest BCUT2D eigenvalue weighted by molar-refractivity contribution is 5.81. The molecule has 0 spiro atoms. The van der Waals surface area contributed by atoms with Gasteiger partial charge in [0.25, 0.3) is 5.91 Å². The predicted molar refractivity (Wildman–Crippen MR) is 56.2 cm³/mol. The summed E-state index contributed by atoms with van der Waals surface area (Å²) in [6.45, 7) is 0.0665. The van der Waals surface area contributed by atoms with Crippen LogP contribution in [-0.2, 0) is 14.3 Å². The molecule has 88 valence electrons. The smallest absolute Gasteiger partial charge is 0.309 e. The van der Waals surface area contributed by atoms with Gasteiger partial charge in [-0.1, -0.05) is 12.8 Å². The number of esters is 1. The van der Waals surface area contributed by atoms with E-state index in [1.807, 2.05) is 6.07 Å². The van der Waals surface area contributed by atoms with Gasteiger partial charge in [-0.25, -0.2) is 0 Å². The molecule has 0 heterocycles. The van der Waals surface area contributed by atoms with Gasteiger partial charge in [0.1, 0.15) is 0 Å². The van der Waals surface area contributed by atoms with Crippen LogP contribution in [-0.4, -0.2) is 25.0 Å². The fraction of sp³-hybridized carbons (Fsp3) is 0.727. The number of carbonyl (C=O) groups is 2. The lowest BCUT2D eigenvalue weighted by Gasteiger charge is -2.09. The molecule has 5 heteroatoms.